The molecule has 1 rings (SSSR count). The van der Waals surface area contributed by atoms with Crippen molar-refractivity contribution < 1.29 is 13.2 Å². The Labute approximate surface area is 133 Å². The second-order valence-corrected chi connectivity index (χ2v) is 7.17. The highest BCUT2D eigenvalue weighted by molar-refractivity contribution is 7.89. The maximum absolute atomic E-state index is 11.8. The van der Waals surface area contributed by atoms with Crippen LogP contribution < -0.4 is 10.0 Å². The monoisotopic (exact) mass is 326 g/mol. The van der Waals surface area contributed by atoms with Gasteiger partial charge in [0.2, 0.25) is 15.9 Å². The van der Waals surface area contributed by atoms with Gasteiger partial charge in [0.05, 0.1) is 4.90 Å². The number of carbonyl (C=O) groups is 1. The van der Waals surface area contributed by atoms with Crippen molar-refractivity contribution in [1.82, 2.24) is 10.0 Å². The fraction of sp³-hybridized carbons (Fsp3) is 0.562. The van der Waals surface area contributed by atoms with Crippen molar-refractivity contribution in [2.24, 2.45) is 0 Å². The van der Waals surface area contributed by atoms with Crippen molar-refractivity contribution in [2.75, 3.05) is 6.54 Å². The molecule has 0 saturated heterocycles. The Morgan fingerprint density at radius 3 is 2.36 bits per heavy atom. The highest BCUT2D eigenvalue weighted by Crippen LogP contribution is 2.11. The number of aryl methyl sites for hydroxylation is 1. The number of carbonyl (C=O) groups excluding carboxylic acids is 1. The van der Waals surface area contributed by atoms with Crippen LogP contribution in [0.4, 0.5) is 0 Å². The first-order valence-electron chi connectivity index (χ1n) is 7.77. The second-order valence-electron chi connectivity index (χ2n) is 5.40. The van der Waals surface area contributed by atoms with E-state index in [0.29, 0.717) is 19.4 Å². The van der Waals surface area contributed by atoms with Crippen molar-refractivity contribution in [1.29, 1.82) is 0 Å². The zero-order valence-corrected chi connectivity index (χ0v) is 14.4. The Kier molecular flexibility index (Phi) is 7.55. The van der Waals surface area contributed by atoms with Crippen LogP contribution in [-0.2, 0) is 21.2 Å². The van der Waals surface area contributed by atoms with E-state index in [-0.39, 0.29) is 16.8 Å². The predicted molar refractivity (Wildman–Crippen MR) is 88.1 cm³/mol. The minimum Gasteiger partial charge on any atom is -0.354 e. The highest BCUT2D eigenvalue weighted by atomic mass is 32.2. The first-order chi connectivity index (χ1) is 10.4. The standard InChI is InChI=1S/C16H26N2O3S/c1-4-6-13(3)18-16(19)12-9-14-7-10-15(11-8-14)22(20,21)17-5-2/h7-8,10-11,13,17H,4-6,9,12H2,1-3H3,(H,18,19). The van der Waals surface area contributed by atoms with Crippen molar-refractivity contribution in [3.63, 3.8) is 0 Å². The van der Waals surface area contributed by atoms with E-state index in [1.54, 1.807) is 31.2 Å². The molecular weight excluding hydrogens is 300 g/mol. The molecule has 1 aromatic rings. The van der Waals surface area contributed by atoms with Gasteiger partial charge in [-0.25, -0.2) is 13.1 Å². The first-order valence-corrected chi connectivity index (χ1v) is 9.25. The minimum atomic E-state index is -3.41. The SMILES string of the molecule is CCCC(C)NC(=O)CCc1ccc(S(=O)(=O)NCC)cc1. The molecule has 0 spiro atoms. The van der Waals surface area contributed by atoms with Gasteiger partial charge in [-0.1, -0.05) is 32.4 Å². The smallest absolute Gasteiger partial charge is 0.240 e. The van der Waals surface area contributed by atoms with Gasteiger partial charge in [-0.15, -0.1) is 0 Å². The van der Waals surface area contributed by atoms with Crippen LogP contribution in [0, 0.1) is 0 Å². The van der Waals surface area contributed by atoms with E-state index < -0.39 is 10.0 Å². The summed E-state index contributed by atoms with van der Waals surface area (Å²) < 4.78 is 26.1. The van der Waals surface area contributed by atoms with E-state index in [0.717, 1.165) is 18.4 Å². The molecule has 6 heteroatoms. The molecule has 0 aromatic heterocycles. The summed E-state index contributed by atoms with van der Waals surface area (Å²) in [6.07, 6.45) is 3.03. The molecule has 0 aliphatic carbocycles. The zero-order valence-electron chi connectivity index (χ0n) is 13.6. The van der Waals surface area contributed by atoms with Crippen LogP contribution in [0.5, 0.6) is 0 Å². The Bertz CT molecular complexity index is 568. The van der Waals surface area contributed by atoms with Gasteiger partial charge in [0.1, 0.15) is 0 Å². The topological polar surface area (TPSA) is 75.3 Å². The fourth-order valence-corrected chi connectivity index (χ4v) is 3.26. The number of benzene rings is 1. The largest absolute Gasteiger partial charge is 0.354 e. The van der Waals surface area contributed by atoms with Gasteiger partial charge >= 0.3 is 0 Å². The van der Waals surface area contributed by atoms with E-state index in [2.05, 4.69) is 17.0 Å². The molecule has 2 N–H and O–H groups in total. The lowest BCUT2D eigenvalue weighted by atomic mass is 10.1. The van der Waals surface area contributed by atoms with Crippen molar-refractivity contribution >= 4 is 15.9 Å². The van der Waals surface area contributed by atoms with Crippen molar-refractivity contribution in [3.8, 4) is 0 Å². The molecule has 0 aliphatic rings. The molecule has 22 heavy (non-hydrogen) atoms. The number of nitrogens with one attached hydrogen (secondary N) is 2. The highest BCUT2D eigenvalue weighted by Gasteiger charge is 2.12. The Balaban J connectivity index is 2.53. The molecule has 1 amide bonds. The van der Waals surface area contributed by atoms with E-state index in [4.69, 9.17) is 0 Å². The Morgan fingerprint density at radius 1 is 1.18 bits per heavy atom. The predicted octanol–water partition coefficient (Wildman–Crippen LogP) is 2.22. The molecule has 124 valence electrons. The van der Waals surface area contributed by atoms with E-state index >= 15 is 0 Å². The average molecular weight is 326 g/mol. The van der Waals surface area contributed by atoms with Gasteiger partial charge in [0.25, 0.3) is 0 Å². The second kappa shape index (κ2) is 8.90. The molecule has 5 nitrogen and oxygen atoms in total. The maximum atomic E-state index is 11.8. The zero-order chi connectivity index (χ0) is 16.6. The van der Waals surface area contributed by atoms with Crippen LogP contribution in [0.3, 0.4) is 0 Å². The summed E-state index contributed by atoms with van der Waals surface area (Å²) in [7, 11) is -3.41. The van der Waals surface area contributed by atoms with Gasteiger partial charge in [-0.2, -0.15) is 0 Å². The molecule has 1 atom stereocenters. The molecule has 0 bridgehead atoms. The van der Waals surface area contributed by atoms with Crippen LogP contribution in [0.15, 0.2) is 29.2 Å². The number of sulfonamides is 1. The number of hydrogen-bond acceptors (Lipinski definition) is 3. The summed E-state index contributed by atoms with van der Waals surface area (Å²) in [4.78, 5) is 12.0. The Morgan fingerprint density at radius 2 is 1.82 bits per heavy atom. The molecule has 0 saturated carbocycles. The summed E-state index contributed by atoms with van der Waals surface area (Å²) in [5, 5.41) is 2.96. The summed E-state index contributed by atoms with van der Waals surface area (Å²) in [5.41, 5.74) is 0.953. The minimum absolute atomic E-state index is 0.0327. The fourth-order valence-electron chi connectivity index (χ4n) is 2.22. The van der Waals surface area contributed by atoms with Crippen LogP contribution in [0.2, 0.25) is 0 Å². The normalized spacial score (nSPS) is 12.9. The molecular formula is C16H26N2O3S. The number of rotatable bonds is 9. The van der Waals surface area contributed by atoms with Crippen LogP contribution in [0.1, 0.15) is 45.6 Å². The molecule has 1 unspecified atom stereocenters. The molecule has 0 fully saturated rings. The van der Waals surface area contributed by atoms with Crippen LogP contribution in [-0.4, -0.2) is 26.9 Å². The molecule has 1 aromatic carbocycles. The van der Waals surface area contributed by atoms with Crippen molar-refractivity contribution in [3.05, 3.63) is 29.8 Å². The number of hydrogen-bond donors (Lipinski definition) is 2. The van der Waals surface area contributed by atoms with Gasteiger partial charge in [-0.3, -0.25) is 4.79 Å². The third-order valence-corrected chi connectivity index (χ3v) is 4.90. The maximum Gasteiger partial charge on any atom is 0.240 e. The van der Waals surface area contributed by atoms with Gasteiger partial charge < -0.3 is 5.32 Å². The third-order valence-electron chi connectivity index (χ3n) is 3.34. The molecule has 0 heterocycles. The van der Waals surface area contributed by atoms with E-state index in [9.17, 15) is 13.2 Å². The quantitative estimate of drug-likeness (QED) is 0.730. The van der Waals surface area contributed by atoms with Crippen LogP contribution in [0.25, 0.3) is 0 Å². The van der Waals surface area contributed by atoms with Gasteiger partial charge in [0, 0.05) is 19.0 Å². The lowest BCUT2D eigenvalue weighted by Crippen LogP contribution is -2.32. The van der Waals surface area contributed by atoms with Gasteiger partial charge in [-0.05, 0) is 37.5 Å². The summed E-state index contributed by atoms with van der Waals surface area (Å²) in [6, 6.07) is 6.86. The summed E-state index contributed by atoms with van der Waals surface area (Å²) >= 11 is 0. The van der Waals surface area contributed by atoms with Crippen LogP contribution >= 0.6 is 0 Å². The summed E-state index contributed by atoms with van der Waals surface area (Å²) in [6.45, 7) is 6.19. The molecule has 0 radical (unpaired) electrons. The van der Waals surface area contributed by atoms with Crippen molar-refractivity contribution in [2.45, 2.75) is 57.4 Å². The lowest BCUT2D eigenvalue weighted by Gasteiger charge is -2.12. The van der Waals surface area contributed by atoms with E-state index in [1.807, 2.05) is 6.92 Å². The number of amides is 1. The third kappa shape index (κ3) is 6.15. The first kappa shape index (κ1) is 18.6. The van der Waals surface area contributed by atoms with Gasteiger partial charge in [0.15, 0.2) is 0 Å². The lowest BCUT2D eigenvalue weighted by molar-refractivity contribution is -0.121. The average Bonchev–Trinajstić information content (AvgIpc) is 2.45. The van der Waals surface area contributed by atoms with E-state index in [1.165, 1.54) is 0 Å². The molecule has 0 aliphatic heterocycles. The summed E-state index contributed by atoms with van der Waals surface area (Å²) in [5.74, 6) is 0.0327. The Hall–Kier alpha value is -1.40.